The van der Waals surface area contributed by atoms with E-state index in [0.29, 0.717) is 11.8 Å². The Bertz CT molecular complexity index is 960. The first kappa shape index (κ1) is 19.1. The maximum atomic E-state index is 11.7. The van der Waals surface area contributed by atoms with Crippen LogP contribution in [0.2, 0.25) is 0 Å². The number of nitrogens with one attached hydrogen (secondary N) is 1. The number of aldehydes is 1. The first-order valence-corrected chi connectivity index (χ1v) is 8.44. The van der Waals surface area contributed by atoms with Gasteiger partial charge in [0.1, 0.15) is 11.5 Å². The molecule has 1 atom stereocenters. The second-order valence-electron chi connectivity index (χ2n) is 5.09. The van der Waals surface area contributed by atoms with E-state index in [4.69, 9.17) is 10.3 Å². The average Bonchev–Trinajstić information content (AvgIpc) is 2.93. The number of aromatic nitrogens is 1. The van der Waals surface area contributed by atoms with Crippen LogP contribution in [-0.2, 0) is 20.7 Å². The van der Waals surface area contributed by atoms with Gasteiger partial charge in [0.05, 0.1) is 11.3 Å². The molecule has 0 aliphatic carbocycles. The fraction of sp³-hybridized carbons (Fsp3) is 0.0625. The number of carbonyl (C=O) groups excluding carboxylic acids is 2. The number of hydrogen-bond donors (Lipinski definition) is 4. The summed E-state index contributed by atoms with van der Waals surface area (Å²) in [4.78, 5) is 33.9. The lowest BCUT2D eigenvalue weighted by molar-refractivity contribution is -0.132. The van der Waals surface area contributed by atoms with Gasteiger partial charge in [0.25, 0.3) is 0 Å². The molecule has 0 radical (unpaired) electrons. The number of carboxylic acids is 1. The first-order chi connectivity index (χ1) is 12.3. The molecular weight excluding hydrogens is 362 g/mol. The number of nitrogens with zero attached hydrogens (tertiary/aromatic N) is 1. The van der Waals surface area contributed by atoms with Crippen LogP contribution in [0.25, 0.3) is 5.52 Å². The molecule has 10 heteroatoms. The van der Waals surface area contributed by atoms with Crippen LogP contribution in [0.3, 0.4) is 0 Å². The molecule has 9 nitrogen and oxygen atoms in total. The molecule has 1 unspecified atom stereocenters. The Hall–Kier alpha value is -3.24. The Kier molecular flexibility index (Phi) is 6.04. The largest absolute Gasteiger partial charge is 0.477 e. The summed E-state index contributed by atoms with van der Waals surface area (Å²) in [6.07, 6.45) is 4.10. The normalized spacial score (nSPS) is 13.4. The van der Waals surface area contributed by atoms with Crippen molar-refractivity contribution >= 4 is 40.6 Å². The predicted molar refractivity (Wildman–Crippen MR) is 95.0 cm³/mol. The second-order valence-corrected chi connectivity index (χ2v) is 6.03. The highest BCUT2D eigenvalue weighted by molar-refractivity contribution is 7.79. The molecule has 0 spiro atoms. The SMILES string of the molecule is NC(=O)/C=C/C(CS(=O)O)=C(/Nc1c(C=O)cc2ccccn12)C(=O)O. The maximum Gasteiger partial charge on any atom is 0.352 e. The van der Waals surface area contributed by atoms with E-state index in [1.165, 1.54) is 0 Å². The highest BCUT2D eigenvalue weighted by atomic mass is 32.2. The zero-order valence-corrected chi connectivity index (χ0v) is 14.1. The fourth-order valence-corrected chi connectivity index (χ4v) is 2.78. The minimum absolute atomic E-state index is 0.139. The summed E-state index contributed by atoms with van der Waals surface area (Å²) >= 11 is -2.37. The zero-order valence-electron chi connectivity index (χ0n) is 13.3. The standard InChI is InChI=1S/C16H15N3O6S/c17-13(21)5-4-10(9-26(24)25)14(16(22)23)18-15-11(8-20)7-12-3-1-2-6-19(12)15/h1-8,18H,9H2,(H2,17,21)(H,22,23)(H,24,25)/b5-4+,14-10-. The Morgan fingerprint density at radius 1 is 1.31 bits per heavy atom. The van der Waals surface area contributed by atoms with E-state index >= 15 is 0 Å². The molecule has 1 amide bonds. The molecule has 0 aliphatic heterocycles. The summed E-state index contributed by atoms with van der Waals surface area (Å²) in [7, 11) is 0. The highest BCUT2D eigenvalue weighted by Crippen LogP contribution is 2.23. The van der Waals surface area contributed by atoms with Gasteiger partial charge in [0.2, 0.25) is 5.91 Å². The van der Waals surface area contributed by atoms with Crippen LogP contribution < -0.4 is 11.1 Å². The number of allylic oxidation sites excluding steroid dienone is 1. The van der Waals surface area contributed by atoms with E-state index in [1.807, 2.05) is 0 Å². The Morgan fingerprint density at radius 2 is 2.04 bits per heavy atom. The third-order valence-electron chi connectivity index (χ3n) is 3.34. The van der Waals surface area contributed by atoms with E-state index in [2.05, 4.69) is 5.32 Å². The Morgan fingerprint density at radius 3 is 2.62 bits per heavy atom. The third-order valence-corrected chi connectivity index (χ3v) is 3.90. The van der Waals surface area contributed by atoms with E-state index in [0.717, 1.165) is 12.2 Å². The molecule has 26 heavy (non-hydrogen) atoms. The number of anilines is 1. The topological polar surface area (TPSA) is 151 Å². The molecule has 0 aromatic carbocycles. The van der Waals surface area contributed by atoms with Crippen molar-refractivity contribution in [3.05, 3.63) is 59.4 Å². The number of primary amides is 1. The van der Waals surface area contributed by atoms with Crippen LogP contribution in [0.5, 0.6) is 0 Å². The van der Waals surface area contributed by atoms with E-state index in [1.54, 1.807) is 34.9 Å². The van der Waals surface area contributed by atoms with Gasteiger partial charge in [-0.05, 0) is 23.8 Å². The van der Waals surface area contributed by atoms with Gasteiger partial charge in [-0.2, -0.15) is 0 Å². The number of aliphatic carboxylic acids is 1. The molecule has 136 valence electrons. The first-order valence-electron chi connectivity index (χ1n) is 7.17. The Labute approximate surface area is 150 Å². The molecule has 0 fully saturated rings. The number of rotatable bonds is 8. The van der Waals surface area contributed by atoms with Gasteiger partial charge in [0, 0.05) is 17.8 Å². The lowest BCUT2D eigenvalue weighted by Gasteiger charge is -2.12. The van der Waals surface area contributed by atoms with E-state index in [9.17, 15) is 23.7 Å². The lowest BCUT2D eigenvalue weighted by atomic mass is 10.2. The Balaban J connectivity index is 2.62. The van der Waals surface area contributed by atoms with Crippen LogP contribution in [0.1, 0.15) is 10.4 Å². The average molecular weight is 377 g/mol. The minimum atomic E-state index is -2.37. The van der Waals surface area contributed by atoms with Gasteiger partial charge in [-0.25, -0.2) is 9.00 Å². The maximum absolute atomic E-state index is 11.7. The van der Waals surface area contributed by atoms with Crippen molar-refractivity contribution in [2.75, 3.05) is 11.1 Å². The number of carboxylic acid groups (broad SMARTS) is 1. The predicted octanol–water partition coefficient (Wildman–Crippen LogP) is 0.766. The van der Waals surface area contributed by atoms with Crippen LogP contribution in [-0.4, -0.2) is 42.2 Å². The quantitative estimate of drug-likeness (QED) is 0.229. The van der Waals surface area contributed by atoms with E-state index in [-0.39, 0.29) is 17.0 Å². The molecule has 0 saturated carbocycles. The van der Waals surface area contributed by atoms with Crippen LogP contribution in [0.4, 0.5) is 5.82 Å². The van der Waals surface area contributed by atoms with Gasteiger partial charge in [0.15, 0.2) is 17.4 Å². The molecule has 2 rings (SSSR count). The summed E-state index contributed by atoms with van der Waals surface area (Å²) in [5.74, 6) is -2.68. The number of hydrogen-bond acceptors (Lipinski definition) is 5. The summed E-state index contributed by atoms with van der Waals surface area (Å²) in [6, 6.07) is 6.71. The van der Waals surface area contributed by atoms with Crippen molar-refractivity contribution in [1.29, 1.82) is 0 Å². The fourth-order valence-electron chi connectivity index (χ4n) is 2.28. The number of amides is 1. The molecular formula is C16H15N3O6S. The van der Waals surface area contributed by atoms with Crippen LogP contribution in [0, 0.1) is 0 Å². The molecule has 2 heterocycles. The van der Waals surface area contributed by atoms with Gasteiger partial charge < -0.3 is 25.1 Å². The number of carbonyl (C=O) groups is 3. The second kappa shape index (κ2) is 8.23. The molecule has 0 saturated heterocycles. The van der Waals surface area contributed by atoms with Gasteiger partial charge in [-0.3, -0.25) is 9.59 Å². The smallest absolute Gasteiger partial charge is 0.352 e. The summed E-state index contributed by atoms with van der Waals surface area (Å²) in [5.41, 5.74) is 5.23. The van der Waals surface area contributed by atoms with Crippen molar-refractivity contribution in [1.82, 2.24) is 4.40 Å². The summed E-state index contributed by atoms with van der Waals surface area (Å²) < 4.78 is 21.8. The van der Waals surface area contributed by atoms with Crippen molar-refractivity contribution < 1.29 is 28.3 Å². The van der Waals surface area contributed by atoms with Gasteiger partial charge in [-0.15, -0.1) is 0 Å². The van der Waals surface area contributed by atoms with Crippen LogP contribution in [0.15, 0.2) is 53.9 Å². The van der Waals surface area contributed by atoms with Crippen LogP contribution >= 0.6 is 0 Å². The van der Waals surface area contributed by atoms with Gasteiger partial charge >= 0.3 is 5.97 Å². The van der Waals surface area contributed by atoms with E-state index < -0.39 is 34.4 Å². The lowest BCUT2D eigenvalue weighted by Crippen LogP contribution is -2.18. The molecule has 0 aliphatic rings. The zero-order chi connectivity index (χ0) is 19.3. The minimum Gasteiger partial charge on any atom is -0.477 e. The summed E-state index contributed by atoms with van der Waals surface area (Å²) in [5, 5.41) is 12.1. The highest BCUT2D eigenvalue weighted by Gasteiger charge is 2.19. The summed E-state index contributed by atoms with van der Waals surface area (Å²) in [6.45, 7) is 0. The number of pyridine rings is 1. The van der Waals surface area contributed by atoms with Crippen molar-refractivity contribution in [2.24, 2.45) is 5.73 Å². The van der Waals surface area contributed by atoms with Crippen molar-refractivity contribution in [3.63, 3.8) is 0 Å². The van der Waals surface area contributed by atoms with Gasteiger partial charge in [-0.1, -0.05) is 12.1 Å². The number of fused-ring (bicyclic) bond motifs is 1. The van der Waals surface area contributed by atoms with Crippen molar-refractivity contribution in [3.8, 4) is 0 Å². The molecule has 2 aromatic heterocycles. The number of nitrogens with two attached hydrogens (primary N) is 1. The third kappa shape index (κ3) is 4.43. The molecule has 5 N–H and O–H groups in total. The molecule has 2 aromatic rings. The van der Waals surface area contributed by atoms with Crippen molar-refractivity contribution in [2.45, 2.75) is 0 Å². The molecule has 0 bridgehead atoms. The monoisotopic (exact) mass is 377 g/mol.